The van der Waals surface area contributed by atoms with Crippen LogP contribution in [0, 0.1) is 10.8 Å². The monoisotopic (exact) mass is 258 g/mol. The van der Waals surface area contributed by atoms with Crippen LogP contribution in [0.25, 0.3) is 0 Å². The summed E-state index contributed by atoms with van der Waals surface area (Å²) in [6.45, 7) is 5.87. The highest BCUT2D eigenvalue weighted by Gasteiger charge is 2.46. The first kappa shape index (κ1) is 11.5. The summed E-state index contributed by atoms with van der Waals surface area (Å²) in [5.41, 5.74) is -1.05. The van der Waals surface area contributed by atoms with Crippen LogP contribution in [0.15, 0.2) is 22.7 Å². The van der Waals surface area contributed by atoms with Crippen LogP contribution >= 0.6 is 15.9 Å². The van der Waals surface area contributed by atoms with Crippen LogP contribution in [-0.2, 0) is 4.79 Å². The topological polar surface area (TPSA) is 37.3 Å². The molecule has 1 aliphatic rings. The van der Waals surface area contributed by atoms with E-state index in [9.17, 15) is 9.90 Å². The summed E-state index contributed by atoms with van der Waals surface area (Å²) in [5.74, 6) is -0.752. The van der Waals surface area contributed by atoms with Crippen molar-refractivity contribution in [3.63, 3.8) is 0 Å². The second-order valence-electron chi connectivity index (χ2n) is 4.65. The minimum atomic E-state index is -0.774. The number of hydrogen-bond acceptors (Lipinski definition) is 1. The average Bonchev–Trinajstić information content (AvgIpc) is 2.02. The van der Waals surface area contributed by atoms with E-state index in [1.807, 2.05) is 32.9 Å². The summed E-state index contributed by atoms with van der Waals surface area (Å²) in [6, 6.07) is 0. The van der Waals surface area contributed by atoms with Gasteiger partial charge in [-0.25, -0.2) is 0 Å². The SMILES string of the molecule is CC(C)(C)C1(C(=O)O)C=CC(Br)=CC1. The van der Waals surface area contributed by atoms with Gasteiger partial charge >= 0.3 is 5.97 Å². The summed E-state index contributed by atoms with van der Waals surface area (Å²) >= 11 is 3.34. The van der Waals surface area contributed by atoms with Crippen molar-refractivity contribution in [2.24, 2.45) is 10.8 Å². The van der Waals surface area contributed by atoms with Gasteiger partial charge in [-0.1, -0.05) is 54.9 Å². The molecule has 0 saturated carbocycles. The lowest BCUT2D eigenvalue weighted by Gasteiger charge is -2.39. The molecule has 0 aliphatic heterocycles. The predicted molar refractivity (Wildman–Crippen MR) is 60.3 cm³/mol. The first-order valence-corrected chi connectivity index (χ1v) is 5.37. The van der Waals surface area contributed by atoms with Gasteiger partial charge in [0, 0.05) is 4.48 Å². The van der Waals surface area contributed by atoms with Crippen molar-refractivity contribution in [3.05, 3.63) is 22.7 Å². The highest BCUT2D eigenvalue weighted by molar-refractivity contribution is 9.11. The van der Waals surface area contributed by atoms with Crippen molar-refractivity contribution in [2.75, 3.05) is 0 Å². The minimum absolute atomic E-state index is 0.278. The third kappa shape index (κ3) is 1.78. The Bertz CT molecular complexity index is 310. The molecule has 0 saturated heterocycles. The maximum Gasteiger partial charge on any atom is 0.314 e. The van der Waals surface area contributed by atoms with E-state index >= 15 is 0 Å². The van der Waals surface area contributed by atoms with Crippen LogP contribution in [0.5, 0.6) is 0 Å². The quantitative estimate of drug-likeness (QED) is 0.784. The lowest BCUT2D eigenvalue weighted by Crippen LogP contribution is -2.41. The number of hydrogen-bond donors (Lipinski definition) is 1. The summed E-state index contributed by atoms with van der Waals surface area (Å²) in [5, 5.41) is 9.31. The van der Waals surface area contributed by atoms with E-state index in [4.69, 9.17) is 0 Å². The van der Waals surface area contributed by atoms with Crippen molar-refractivity contribution in [3.8, 4) is 0 Å². The molecule has 3 heteroatoms. The fraction of sp³-hybridized carbons (Fsp3) is 0.545. The molecule has 0 radical (unpaired) electrons. The van der Waals surface area contributed by atoms with Gasteiger partial charge in [-0.2, -0.15) is 0 Å². The van der Waals surface area contributed by atoms with Gasteiger partial charge in [-0.3, -0.25) is 4.79 Å². The third-order valence-corrected chi connectivity index (χ3v) is 3.45. The first-order chi connectivity index (χ1) is 6.29. The largest absolute Gasteiger partial charge is 0.481 e. The molecule has 0 aromatic heterocycles. The van der Waals surface area contributed by atoms with Gasteiger partial charge in [-0.05, 0) is 11.8 Å². The normalized spacial score (nSPS) is 27.3. The number of carboxylic acids is 1. The van der Waals surface area contributed by atoms with Gasteiger partial charge in [0.25, 0.3) is 0 Å². The Balaban J connectivity index is 3.12. The molecule has 2 nitrogen and oxygen atoms in total. The van der Waals surface area contributed by atoms with E-state index in [1.165, 1.54) is 0 Å². The van der Waals surface area contributed by atoms with E-state index < -0.39 is 11.4 Å². The van der Waals surface area contributed by atoms with Crippen LogP contribution in [0.2, 0.25) is 0 Å². The van der Waals surface area contributed by atoms with Crippen LogP contribution in [0.3, 0.4) is 0 Å². The molecule has 0 aromatic rings. The Morgan fingerprint density at radius 2 is 2.14 bits per heavy atom. The van der Waals surface area contributed by atoms with Crippen molar-refractivity contribution in [1.82, 2.24) is 0 Å². The molecule has 0 aromatic carbocycles. The van der Waals surface area contributed by atoms with Crippen molar-refractivity contribution in [2.45, 2.75) is 27.2 Å². The fourth-order valence-corrected chi connectivity index (χ4v) is 1.95. The zero-order chi connectivity index (χ0) is 11.0. The maximum atomic E-state index is 11.3. The molecule has 1 aliphatic carbocycles. The van der Waals surface area contributed by atoms with Crippen molar-refractivity contribution < 1.29 is 9.90 Å². The van der Waals surface area contributed by atoms with Crippen LogP contribution in [0.1, 0.15) is 27.2 Å². The van der Waals surface area contributed by atoms with Crippen molar-refractivity contribution >= 4 is 21.9 Å². The average molecular weight is 259 g/mol. The van der Waals surface area contributed by atoms with Crippen LogP contribution in [-0.4, -0.2) is 11.1 Å². The molecular formula is C11H15BrO2. The van der Waals surface area contributed by atoms with Gasteiger partial charge in [0.15, 0.2) is 0 Å². The lowest BCUT2D eigenvalue weighted by atomic mass is 9.63. The van der Waals surface area contributed by atoms with E-state index in [2.05, 4.69) is 15.9 Å². The molecule has 0 amide bonds. The second kappa shape index (κ2) is 3.54. The molecule has 0 heterocycles. The molecule has 0 spiro atoms. The predicted octanol–water partition coefficient (Wildman–Crippen LogP) is 3.34. The second-order valence-corrected chi connectivity index (χ2v) is 5.57. The van der Waals surface area contributed by atoms with Crippen LogP contribution < -0.4 is 0 Å². The maximum absolute atomic E-state index is 11.3. The molecule has 78 valence electrons. The number of rotatable bonds is 1. The molecule has 1 N–H and O–H groups in total. The molecule has 1 unspecified atom stereocenters. The first-order valence-electron chi connectivity index (χ1n) is 4.58. The molecule has 1 atom stereocenters. The summed E-state index contributed by atoms with van der Waals surface area (Å²) in [7, 11) is 0. The molecule has 14 heavy (non-hydrogen) atoms. The Kier molecular flexibility index (Phi) is 2.91. The smallest absolute Gasteiger partial charge is 0.314 e. The van der Waals surface area contributed by atoms with Crippen LogP contribution in [0.4, 0.5) is 0 Å². The highest BCUT2D eigenvalue weighted by Crippen LogP contribution is 2.46. The molecule has 1 rings (SSSR count). The summed E-state index contributed by atoms with van der Waals surface area (Å²) < 4.78 is 0.957. The molecule has 0 bridgehead atoms. The summed E-state index contributed by atoms with van der Waals surface area (Å²) in [4.78, 5) is 11.3. The zero-order valence-corrected chi connectivity index (χ0v) is 10.3. The standard InChI is InChI=1S/C11H15BrO2/c1-10(2,3)11(9(13)14)6-4-8(12)5-7-11/h4-6H,7H2,1-3H3,(H,13,14). The van der Waals surface area contributed by atoms with Gasteiger partial charge in [-0.15, -0.1) is 0 Å². The van der Waals surface area contributed by atoms with Crippen molar-refractivity contribution in [1.29, 1.82) is 0 Å². The van der Waals surface area contributed by atoms with Gasteiger partial charge < -0.3 is 5.11 Å². The Morgan fingerprint density at radius 1 is 1.57 bits per heavy atom. The Hall–Kier alpha value is -0.570. The van der Waals surface area contributed by atoms with E-state index in [-0.39, 0.29) is 5.41 Å². The molecular weight excluding hydrogens is 244 g/mol. The third-order valence-electron chi connectivity index (χ3n) is 2.87. The highest BCUT2D eigenvalue weighted by atomic mass is 79.9. The van der Waals surface area contributed by atoms with E-state index in [0.717, 1.165) is 4.48 Å². The Labute approximate surface area is 92.8 Å². The molecule has 0 fully saturated rings. The van der Waals surface area contributed by atoms with E-state index in [1.54, 1.807) is 6.08 Å². The Morgan fingerprint density at radius 3 is 2.43 bits per heavy atom. The lowest BCUT2D eigenvalue weighted by molar-refractivity contribution is -0.151. The number of allylic oxidation sites excluding steroid dienone is 3. The minimum Gasteiger partial charge on any atom is -0.481 e. The van der Waals surface area contributed by atoms with Gasteiger partial charge in [0.05, 0.1) is 5.41 Å². The number of halogens is 1. The number of carboxylic acid groups (broad SMARTS) is 1. The van der Waals surface area contributed by atoms with Gasteiger partial charge in [0.2, 0.25) is 0 Å². The number of carbonyl (C=O) groups is 1. The van der Waals surface area contributed by atoms with Gasteiger partial charge in [0.1, 0.15) is 0 Å². The van der Waals surface area contributed by atoms with E-state index in [0.29, 0.717) is 6.42 Å². The fourth-order valence-electron chi connectivity index (χ4n) is 1.65. The summed E-state index contributed by atoms with van der Waals surface area (Å²) in [6.07, 6.45) is 6.07. The zero-order valence-electron chi connectivity index (χ0n) is 8.67. The number of aliphatic carboxylic acids is 1.